The van der Waals surface area contributed by atoms with Gasteiger partial charge in [-0.1, -0.05) is 60.3 Å². The minimum Gasteiger partial charge on any atom is -0.344 e. The van der Waals surface area contributed by atoms with Crippen LogP contribution in [0.3, 0.4) is 0 Å². The number of aromatic nitrogens is 2. The zero-order valence-corrected chi connectivity index (χ0v) is 17.8. The molecule has 0 saturated carbocycles. The number of Topliss-reactive ketones (excluding diaryl/α,β-unsaturated/α-hetero) is 1. The Hall–Kier alpha value is -2.85. The predicted octanol–water partition coefficient (Wildman–Crippen LogP) is 5.98. The molecule has 0 N–H and O–H groups in total. The molecule has 4 heteroatoms. The lowest BCUT2D eigenvalue weighted by molar-refractivity contribution is 0.102. The summed E-state index contributed by atoms with van der Waals surface area (Å²) >= 11 is 1.51. The van der Waals surface area contributed by atoms with Crippen molar-refractivity contribution in [3.8, 4) is 0 Å². The molecule has 146 valence electrons. The molecular formula is C25H24N2OS. The topological polar surface area (TPSA) is 34.9 Å². The summed E-state index contributed by atoms with van der Waals surface area (Å²) in [6.45, 7) is 6.97. The van der Waals surface area contributed by atoms with Gasteiger partial charge >= 0.3 is 0 Å². The van der Waals surface area contributed by atoms with E-state index in [1.807, 2.05) is 49.4 Å². The van der Waals surface area contributed by atoms with Gasteiger partial charge in [-0.15, -0.1) is 0 Å². The lowest BCUT2D eigenvalue weighted by Gasteiger charge is -2.10. The number of hydrogen-bond donors (Lipinski definition) is 0. The van der Waals surface area contributed by atoms with E-state index in [0.29, 0.717) is 5.75 Å². The Morgan fingerprint density at radius 3 is 2.48 bits per heavy atom. The summed E-state index contributed by atoms with van der Waals surface area (Å²) in [7, 11) is 0. The van der Waals surface area contributed by atoms with Crippen molar-refractivity contribution in [3.63, 3.8) is 0 Å². The summed E-state index contributed by atoms with van der Waals surface area (Å²) in [6, 6.07) is 22.6. The molecule has 0 atom stereocenters. The Labute approximate surface area is 175 Å². The van der Waals surface area contributed by atoms with Crippen molar-refractivity contribution in [1.29, 1.82) is 0 Å². The maximum atomic E-state index is 12.9. The minimum absolute atomic E-state index is 0.148. The van der Waals surface area contributed by atoms with Crippen LogP contribution in [0.15, 0.2) is 71.8 Å². The highest BCUT2D eigenvalue weighted by atomic mass is 32.2. The van der Waals surface area contributed by atoms with Gasteiger partial charge in [0.1, 0.15) is 0 Å². The van der Waals surface area contributed by atoms with E-state index in [1.165, 1.54) is 22.9 Å². The van der Waals surface area contributed by atoms with E-state index in [4.69, 9.17) is 4.98 Å². The quantitative estimate of drug-likeness (QED) is 0.295. The number of aryl methyl sites for hydroxylation is 2. The summed E-state index contributed by atoms with van der Waals surface area (Å²) in [5.41, 5.74) is 6.34. The van der Waals surface area contributed by atoms with Gasteiger partial charge in [-0.3, -0.25) is 4.79 Å². The van der Waals surface area contributed by atoms with Crippen LogP contribution in [0.4, 0.5) is 0 Å². The summed E-state index contributed by atoms with van der Waals surface area (Å²) in [6.07, 6.45) is 0. The van der Waals surface area contributed by atoms with Gasteiger partial charge in [-0.25, -0.2) is 4.98 Å². The molecule has 0 aliphatic rings. The smallest absolute Gasteiger partial charge is 0.174 e. The number of carbonyl (C=O) groups excluding carboxylic acids is 1. The third-order valence-electron chi connectivity index (χ3n) is 5.31. The van der Waals surface area contributed by atoms with Crippen molar-refractivity contribution in [2.24, 2.45) is 0 Å². The van der Waals surface area contributed by atoms with Gasteiger partial charge in [-0.2, -0.15) is 0 Å². The number of rotatable bonds is 6. The Morgan fingerprint density at radius 1 is 0.966 bits per heavy atom. The predicted molar refractivity (Wildman–Crippen MR) is 121 cm³/mol. The van der Waals surface area contributed by atoms with Gasteiger partial charge in [0.25, 0.3) is 0 Å². The first-order valence-electron chi connectivity index (χ1n) is 9.76. The van der Waals surface area contributed by atoms with Crippen LogP contribution in [0.5, 0.6) is 0 Å². The monoisotopic (exact) mass is 400 g/mol. The summed E-state index contributed by atoms with van der Waals surface area (Å²) in [5.74, 6) is 0.537. The van der Waals surface area contributed by atoms with E-state index in [0.717, 1.165) is 39.4 Å². The van der Waals surface area contributed by atoms with E-state index in [9.17, 15) is 4.79 Å². The van der Waals surface area contributed by atoms with E-state index in [2.05, 4.69) is 42.7 Å². The van der Waals surface area contributed by atoms with E-state index >= 15 is 0 Å². The van der Waals surface area contributed by atoms with Gasteiger partial charge in [0, 0.05) is 28.9 Å². The zero-order chi connectivity index (χ0) is 20.4. The fourth-order valence-corrected chi connectivity index (χ4v) is 4.56. The zero-order valence-electron chi connectivity index (χ0n) is 17.0. The average Bonchev–Trinajstić information content (AvgIpc) is 3.01. The molecule has 4 aromatic rings. The second-order valence-corrected chi connectivity index (χ2v) is 8.36. The van der Waals surface area contributed by atoms with Crippen LogP contribution in [-0.2, 0) is 6.54 Å². The Kier molecular flexibility index (Phi) is 5.54. The Bertz CT molecular complexity index is 1180. The molecule has 0 fully saturated rings. The molecule has 2 aromatic carbocycles. The van der Waals surface area contributed by atoms with Crippen LogP contribution in [0.1, 0.15) is 32.9 Å². The molecule has 3 nitrogen and oxygen atoms in total. The van der Waals surface area contributed by atoms with Crippen molar-refractivity contribution >= 4 is 28.4 Å². The molecular weight excluding hydrogens is 376 g/mol. The highest BCUT2D eigenvalue weighted by molar-refractivity contribution is 7.99. The van der Waals surface area contributed by atoms with Crippen molar-refractivity contribution in [2.75, 3.05) is 5.75 Å². The fraction of sp³-hybridized carbons (Fsp3) is 0.200. The number of pyridine rings is 1. The molecule has 0 radical (unpaired) electrons. The first kappa shape index (κ1) is 19.5. The molecule has 0 saturated heterocycles. The maximum Gasteiger partial charge on any atom is 0.174 e. The second-order valence-electron chi connectivity index (χ2n) is 7.36. The van der Waals surface area contributed by atoms with Crippen LogP contribution in [0, 0.1) is 20.8 Å². The fourth-order valence-electron chi connectivity index (χ4n) is 3.70. The number of ketones is 1. The number of carbonyl (C=O) groups is 1. The molecule has 0 bridgehead atoms. The van der Waals surface area contributed by atoms with Crippen LogP contribution < -0.4 is 0 Å². The molecule has 2 heterocycles. The SMILES string of the molecule is Cc1cc(SCC(=O)c2cc(C)n(Cc3ccccc3)c2C)nc2ccccc12. The number of thioether (sulfide) groups is 1. The van der Waals surface area contributed by atoms with Gasteiger partial charge in [-0.05, 0) is 50.1 Å². The van der Waals surface area contributed by atoms with Crippen LogP contribution in [0.2, 0.25) is 0 Å². The number of hydrogen-bond acceptors (Lipinski definition) is 3. The molecule has 0 spiro atoms. The van der Waals surface area contributed by atoms with E-state index in [1.54, 1.807) is 0 Å². The first-order chi connectivity index (χ1) is 14.0. The van der Waals surface area contributed by atoms with Crippen molar-refractivity contribution < 1.29 is 4.79 Å². The highest BCUT2D eigenvalue weighted by Gasteiger charge is 2.16. The van der Waals surface area contributed by atoms with Crippen molar-refractivity contribution in [1.82, 2.24) is 9.55 Å². The normalized spacial score (nSPS) is 11.1. The lowest BCUT2D eigenvalue weighted by atomic mass is 10.1. The average molecular weight is 401 g/mol. The van der Waals surface area contributed by atoms with Crippen molar-refractivity contribution in [3.05, 3.63) is 94.8 Å². The van der Waals surface area contributed by atoms with Gasteiger partial charge in [0.05, 0.1) is 16.3 Å². The Balaban J connectivity index is 1.51. The standard InChI is InChI=1S/C25H24N2OS/c1-17-13-25(26-23-12-8-7-11-21(17)23)29-16-24(28)22-14-18(2)27(19(22)3)15-20-9-5-4-6-10-20/h4-14H,15-16H2,1-3H3. The minimum atomic E-state index is 0.148. The second kappa shape index (κ2) is 8.26. The van der Waals surface area contributed by atoms with Crippen molar-refractivity contribution in [2.45, 2.75) is 32.3 Å². The van der Waals surface area contributed by atoms with Crippen LogP contribution in [0.25, 0.3) is 10.9 Å². The summed E-state index contributed by atoms with van der Waals surface area (Å²) in [5, 5.41) is 2.06. The molecule has 4 rings (SSSR count). The number of fused-ring (bicyclic) bond motifs is 1. The van der Waals surface area contributed by atoms with E-state index in [-0.39, 0.29) is 5.78 Å². The summed E-state index contributed by atoms with van der Waals surface area (Å²) < 4.78 is 2.21. The molecule has 2 aromatic heterocycles. The summed E-state index contributed by atoms with van der Waals surface area (Å²) in [4.78, 5) is 17.7. The largest absolute Gasteiger partial charge is 0.344 e. The highest BCUT2D eigenvalue weighted by Crippen LogP contribution is 2.25. The van der Waals surface area contributed by atoms with Gasteiger partial charge in [0.15, 0.2) is 5.78 Å². The van der Waals surface area contributed by atoms with Crippen LogP contribution >= 0.6 is 11.8 Å². The van der Waals surface area contributed by atoms with Gasteiger partial charge in [0.2, 0.25) is 0 Å². The molecule has 29 heavy (non-hydrogen) atoms. The number of benzene rings is 2. The third-order valence-corrected chi connectivity index (χ3v) is 6.22. The van der Waals surface area contributed by atoms with E-state index < -0.39 is 0 Å². The Morgan fingerprint density at radius 2 is 1.69 bits per heavy atom. The third kappa shape index (κ3) is 4.13. The molecule has 0 aliphatic carbocycles. The number of para-hydroxylation sites is 1. The van der Waals surface area contributed by atoms with Crippen LogP contribution in [-0.4, -0.2) is 21.1 Å². The first-order valence-corrected chi connectivity index (χ1v) is 10.7. The maximum absolute atomic E-state index is 12.9. The molecule has 0 amide bonds. The molecule has 0 unspecified atom stereocenters. The van der Waals surface area contributed by atoms with Gasteiger partial charge < -0.3 is 4.57 Å². The molecule has 0 aliphatic heterocycles. The number of nitrogens with zero attached hydrogens (tertiary/aromatic N) is 2. The lowest BCUT2D eigenvalue weighted by Crippen LogP contribution is -2.07.